The minimum absolute atomic E-state index is 0.157. The molecule has 0 atom stereocenters. The van der Waals surface area contributed by atoms with Gasteiger partial charge in [-0.25, -0.2) is 0 Å². The molecule has 0 unspecified atom stereocenters. The van der Waals surface area contributed by atoms with Crippen LogP contribution in [0.5, 0.6) is 0 Å². The first-order valence-corrected chi connectivity index (χ1v) is 9.55. The highest BCUT2D eigenvalue weighted by molar-refractivity contribution is 7.71. The maximum absolute atomic E-state index is 12.5. The Labute approximate surface area is 167 Å². The zero-order valence-electron chi connectivity index (χ0n) is 14.6. The molecule has 2 aromatic carbocycles. The maximum atomic E-state index is 12.5. The topological polar surface area (TPSA) is 53.1 Å². The lowest BCUT2D eigenvalue weighted by molar-refractivity contribution is 0.276. The summed E-state index contributed by atoms with van der Waals surface area (Å²) in [5.41, 5.74) is 2.55. The molecule has 0 bridgehead atoms. The van der Waals surface area contributed by atoms with Crippen LogP contribution >= 0.6 is 23.8 Å². The van der Waals surface area contributed by atoms with E-state index in [1.54, 1.807) is 0 Å². The maximum Gasteiger partial charge on any atom is 0.258 e. The largest absolute Gasteiger partial charge is 0.358 e. The van der Waals surface area contributed by atoms with E-state index in [1.165, 1.54) is 5.56 Å². The van der Waals surface area contributed by atoms with Gasteiger partial charge in [-0.05, 0) is 36.3 Å². The van der Waals surface area contributed by atoms with Crippen LogP contribution in [0.2, 0.25) is 5.02 Å². The van der Waals surface area contributed by atoms with Crippen LogP contribution in [-0.4, -0.2) is 27.7 Å². The summed E-state index contributed by atoms with van der Waals surface area (Å²) in [6.45, 7) is 2.06. The fraction of sp³-hybridized carbons (Fsp3) is 0.200. The number of aromatic nitrogens is 2. The van der Waals surface area contributed by atoms with Gasteiger partial charge in [0.15, 0.2) is 4.77 Å². The highest BCUT2D eigenvalue weighted by Crippen LogP contribution is 2.27. The number of para-hydroxylation sites is 1. The summed E-state index contributed by atoms with van der Waals surface area (Å²) >= 11 is 11.8. The Morgan fingerprint density at radius 3 is 2.59 bits per heavy atom. The van der Waals surface area contributed by atoms with Crippen molar-refractivity contribution in [3.63, 3.8) is 0 Å². The van der Waals surface area contributed by atoms with E-state index in [9.17, 15) is 4.79 Å². The van der Waals surface area contributed by atoms with E-state index in [2.05, 4.69) is 27.3 Å². The van der Waals surface area contributed by atoms with Gasteiger partial charge in [-0.2, -0.15) is 0 Å². The highest BCUT2D eigenvalue weighted by atomic mass is 35.5. The van der Waals surface area contributed by atoms with Crippen LogP contribution in [0.3, 0.4) is 0 Å². The third-order valence-electron chi connectivity index (χ3n) is 4.71. The van der Waals surface area contributed by atoms with Gasteiger partial charge in [0.05, 0.1) is 22.9 Å². The molecule has 0 fully saturated rings. The first-order valence-electron chi connectivity index (χ1n) is 8.77. The fourth-order valence-corrected chi connectivity index (χ4v) is 3.83. The Bertz CT molecular complexity index is 1080. The summed E-state index contributed by atoms with van der Waals surface area (Å²) in [4.78, 5) is 17.5. The number of hydrogen-bond acceptors (Lipinski definition) is 4. The molecule has 1 aromatic heterocycles. The lowest BCUT2D eigenvalue weighted by atomic mass is 10.1. The van der Waals surface area contributed by atoms with Crippen molar-refractivity contribution in [2.24, 2.45) is 0 Å². The number of halogens is 1. The highest BCUT2D eigenvalue weighted by Gasteiger charge is 2.23. The van der Waals surface area contributed by atoms with Gasteiger partial charge in [0.25, 0.3) is 5.56 Å². The molecule has 5 nitrogen and oxygen atoms in total. The quantitative estimate of drug-likeness (QED) is 0.653. The molecule has 138 valence electrons. The first kappa shape index (κ1) is 18.0. The lowest BCUT2D eigenvalue weighted by Crippen LogP contribution is -2.40. The number of fused-ring (bicyclic) bond motifs is 1. The molecule has 0 saturated heterocycles. The number of H-pyrrole nitrogens is 1. The third kappa shape index (κ3) is 3.69. The number of rotatable bonds is 4. The molecular formula is C20H19ClN4OS. The summed E-state index contributed by atoms with van der Waals surface area (Å²) in [7, 11) is 0. The molecule has 7 heteroatoms. The van der Waals surface area contributed by atoms with Gasteiger partial charge in [0, 0.05) is 13.1 Å². The van der Waals surface area contributed by atoms with Crippen LogP contribution in [-0.2, 0) is 13.0 Å². The SMILES string of the molecule is O=c1[nH]c(=S)n(-c2ccccc2Cl)c2c1CN(CCc1ccccc1)CN2. The van der Waals surface area contributed by atoms with Gasteiger partial charge in [-0.15, -0.1) is 0 Å². The number of aromatic amines is 1. The van der Waals surface area contributed by atoms with Gasteiger partial charge < -0.3 is 5.32 Å². The van der Waals surface area contributed by atoms with Crippen molar-refractivity contribution in [2.75, 3.05) is 18.5 Å². The van der Waals surface area contributed by atoms with Crippen LogP contribution in [0.15, 0.2) is 59.4 Å². The summed E-state index contributed by atoms with van der Waals surface area (Å²) in [6.07, 6.45) is 0.930. The Morgan fingerprint density at radius 2 is 1.81 bits per heavy atom. The van der Waals surface area contributed by atoms with E-state index < -0.39 is 0 Å². The lowest BCUT2D eigenvalue weighted by Gasteiger charge is -2.31. The van der Waals surface area contributed by atoms with Crippen molar-refractivity contribution in [3.8, 4) is 5.69 Å². The minimum atomic E-state index is -0.157. The second-order valence-electron chi connectivity index (χ2n) is 6.50. The van der Waals surface area contributed by atoms with E-state index in [1.807, 2.05) is 47.0 Å². The molecule has 0 saturated carbocycles. The average molecular weight is 399 g/mol. The Hall–Kier alpha value is -2.41. The zero-order valence-corrected chi connectivity index (χ0v) is 16.2. The standard InChI is InChI=1S/C20H19ClN4OS/c21-16-8-4-5-9-17(16)25-18-15(19(26)23-20(25)27)12-24(13-22-18)11-10-14-6-2-1-3-7-14/h1-9,22H,10-13H2,(H,23,26,27). The molecule has 0 aliphatic carbocycles. The predicted octanol–water partition coefficient (Wildman–Crippen LogP) is 3.98. The van der Waals surface area contributed by atoms with Crippen LogP contribution in [0, 0.1) is 4.77 Å². The smallest absolute Gasteiger partial charge is 0.258 e. The molecule has 0 radical (unpaired) electrons. The van der Waals surface area contributed by atoms with Crippen molar-refractivity contribution >= 4 is 29.6 Å². The van der Waals surface area contributed by atoms with Crippen molar-refractivity contribution in [3.05, 3.63) is 85.9 Å². The van der Waals surface area contributed by atoms with E-state index >= 15 is 0 Å². The number of nitrogens with one attached hydrogen (secondary N) is 2. The summed E-state index contributed by atoms with van der Waals surface area (Å²) in [5, 5.41) is 3.95. The van der Waals surface area contributed by atoms with E-state index in [4.69, 9.17) is 23.8 Å². The fourth-order valence-electron chi connectivity index (χ4n) is 3.32. The van der Waals surface area contributed by atoms with Crippen LogP contribution < -0.4 is 10.9 Å². The molecule has 0 amide bonds. The zero-order chi connectivity index (χ0) is 18.8. The molecular weight excluding hydrogens is 380 g/mol. The molecule has 2 heterocycles. The van der Waals surface area contributed by atoms with Crippen molar-refractivity contribution in [2.45, 2.75) is 13.0 Å². The van der Waals surface area contributed by atoms with Gasteiger partial charge in [0.2, 0.25) is 0 Å². The molecule has 1 aliphatic rings. The number of hydrogen-bond donors (Lipinski definition) is 2. The van der Waals surface area contributed by atoms with Crippen molar-refractivity contribution in [1.29, 1.82) is 0 Å². The van der Waals surface area contributed by atoms with Gasteiger partial charge in [-0.3, -0.25) is 19.2 Å². The molecule has 2 N–H and O–H groups in total. The van der Waals surface area contributed by atoms with E-state index in [-0.39, 0.29) is 5.56 Å². The normalized spacial score (nSPS) is 13.8. The van der Waals surface area contributed by atoms with Gasteiger partial charge in [0.1, 0.15) is 5.82 Å². The van der Waals surface area contributed by atoms with E-state index in [0.717, 1.165) is 18.7 Å². The van der Waals surface area contributed by atoms with Crippen LogP contribution in [0.1, 0.15) is 11.1 Å². The number of nitrogens with zero attached hydrogens (tertiary/aromatic N) is 2. The van der Waals surface area contributed by atoms with Crippen LogP contribution in [0.25, 0.3) is 5.69 Å². The first-order chi connectivity index (χ1) is 13.1. The van der Waals surface area contributed by atoms with E-state index in [0.29, 0.717) is 34.4 Å². The monoisotopic (exact) mass is 398 g/mol. The van der Waals surface area contributed by atoms with Crippen LogP contribution in [0.4, 0.5) is 5.82 Å². The average Bonchev–Trinajstić information content (AvgIpc) is 2.69. The number of benzene rings is 2. The number of anilines is 1. The molecule has 1 aliphatic heterocycles. The summed E-state index contributed by atoms with van der Waals surface area (Å²) < 4.78 is 2.14. The predicted molar refractivity (Wildman–Crippen MR) is 111 cm³/mol. The second kappa shape index (κ2) is 7.68. The minimum Gasteiger partial charge on any atom is -0.358 e. The van der Waals surface area contributed by atoms with Crippen molar-refractivity contribution in [1.82, 2.24) is 14.5 Å². The second-order valence-corrected chi connectivity index (χ2v) is 7.29. The Balaban J connectivity index is 1.64. The third-order valence-corrected chi connectivity index (χ3v) is 5.32. The Kier molecular flexibility index (Phi) is 5.11. The summed E-state index contributed by atoms with van der Waals surface area (Å²) in [6, 6.07) is 17.8. The Morgan fingerprint density at radius 1 is 1.07 bits per heavy atom. The molecule has 3 aromatic rings. The molecule has 0 spiro atoms. The van der Waals surface area contributed by atoms with Gasteiger partial charge in [-0.1, -0.05) is 54.1 Å². The molecule has 27 heavy (non-hydrogen) atoms. The summed E-state index contributed by atoms with van der Waals surface area (Å²) in [5.74, 6) is 0.716. The molecule has 4 rings (SSSR count). The van der Waals surface area contributed by atoms with Gasteiger partial charge >= 0.3 is 0 Å². The van der Waals surface area contributed by atoms with Crippen molar-refractivity contribution < 1.29 is 0 Å².